The summed E-state index contributed by atoms with van der Waals surface area (Å²) >= 11 is 0. The molecule has 2 saturated carbocycles. The molecule has 2 aliphatic carbocycles. The molecular weight excluding hydrogens is 324 g/mol. The van der Waals surface area contributed by atoms with E-state index in [0.717, 1.165) is 24.4 Å². The molecule has 24 heavy (non-hydrogen) atoms. The van der Waals surface area contributed by atoms with Gasteiger partial charge in [-0.05, 0) is 43.4 Å². The average molecular weight is 350 g/mol. The lowest BCUT2D eigenvalue weighted by Gasteiger charge is -2.17. The molecule has 2 fully saturated rings. The van der Waals surface area contributed by atoms with Crippen molar-refractivity contribution in [2.24, 2.45) is 4.99 Å². The van der Waals surface area contributed by atoms with Gasteiger partial charge in [0.05, 0.1) is 4.90 Å². The highest BCUT2D eigenvalue weighted by Gasteiger charge is 2.27. The quantitative estimate of drug-likeness (QED) is 0.539. The first-order valence-corrected chi connectivity index (χ1v) is 10.1. The first kappa shape index (κ1) is 17.2. The largest absolute Gasteiger partial charge is 0.354 e. The molecule has 0 radical (unpaired) electrons. The molecule has 0 saturated heterocycles. The first-order chi connectivity index (χ1) is 11.6. The van der Waals surface area contributed by atoms with Crippen LogP contribution in [0.15, 0.2) is 34.2 Å². The summed E-state index contributed by atoms with van der Waals surface area (Å²) in [5.41, 5.74) is 1.02. The van der Waals surface area contributed by atoms with Gasteiger partial charge in [0, 0.05) is 25.7 Å². The molecule has 0 spiro atoms. The normalized spacial score (nSPS) is 19.5. The van der Waals surface area contributed by atoms with Gasteiger partial charge in [-0.25, -0.2) is 13.1 Å². The highest BCUT2D eigenvalue weighted by Crippen LogP contribution is 2.22. The minimum absolute atomic E-state index is 0.126. The van der Waals surface area contributed by atoms with Crippen LogP contribution >= 0.6 is 0 Å². The van der Waals surface area contributed by atoms with Gasteiger partial charge >= 0.3 is 0 Å². The summed E-state index contributed by atoms with van der Waals surface area (Å²) in [7, 11) is -1.60. The fourth-order valence-electron chi connectivity index (χ4n) is 2.92. The smallest absolute Gasteiger partial charge is 0.240 e. The molecule has 132 valence electrons. The molecule has 0 amide bonds. The van der Waals surface area contributed by atoms with E-state index in [9.17, 15) is 8.42 Å². The van der Waals surface area contributed by atoms with Crippen molar-refractivity contribution in [3.8, 4) is 0 Å². The van der Waals surface area contributed by atoms with Crippen molar-refractivity contribution in [2.75, 3.05) is 7.05 Å². The van der Waals surface area contributed by atoms with Crippen molar-refractivity contribution in [1.82, 2.24) is 15.4 Å². The van der Waals surface area contributed by atoms with Crippen LogP contribution in [0.1, 0.15) is 44.1 Å². The fourth-order valence-corrected chi connectivity index (χ4v) is 4.22. The number of guanidine groups is 1. The molecule has 6 nitrogen and oxygen atoms in total. The molecule has 0 unspecified atom stereocenters. The van der Waals surface area contributed by atoms with E-state index in [4.69, 9.17) is 0 Å². The summed E-state index contributed by atoms with van der Waals surface area (Å²) in [6.07, 6.45) is 6.82. The monoisotopic (exact) mass is 350 g/mol. The van der Waals surface area contributed by atoms with Crippen molar-refractivity contribution in [3.05, 3.63) is 29.8 Å². The maximum Gasteiger partial charge on any atom is 0.240 e. The van der Waals surface area contributed by atoms with Crippen molar-refractivity contribution >= 4 is 16.0 Å². The molecule has 1 aromatic rings. The molecular formula is C17H26N4O2S. The van der Waals surface area contributed by atoms with Gasteiger partial charge in [-0.2, -0.15) is 0 Å². The number of nitrogens with one attached hydrogen (secondary N) is 3. The molecule has 0 bridgehead atoms. The van der Waals surface area contributed by atoms with Gasteiger partial charge < -0.3 is 10.6 Å². The number of aliphatic imine (C=N–C) groups is 1. The van der Waals surface area contributed by atoms with Gasteiger partial charge in [0.15, 0.2) is 5.96 Å². The van der Waals surface area contributed by atoms with E-state index in [-0.39, 0.29) is 6.04 Å². The number of sulfonamides is 1. The Hall–Kier alpha value is -1.60. The van der Waals surface area contributed by atoms with Crippen LogP contribution in [0.25, 0.3) is 0 Å². The predicted octanol–water partition coefficient (Wildman–Crippen LogP) is 1.73. The van der Waals surface area contributed by atoms with Crippen molar-refractivity contribution in [2.45, 2.75) is 62.0 Å². The standard InChI is InChI=1S/C17H26N4O2S/c1-18-17(20-14-4-2-3-5-14)19-12-13-6-10-16(11-7-13)24(22,23)21-15-8-9-15/h6-7,10-11,14-15,21H,2-5,8-9,12H2,1H3,(H2,18,19,20). The van der Waals surface area contributed by atoms with Crippen LogP contribution in [0.2, 0.25) is 0 Å². The lowest BCUT2D eigenvalue weighted by molar-refractivity contribution is 0.581. The second-order valence-corrected chi connectivity index (χ2v) is 8.30. The Kier molecular flexibility index (Phi) is 5.40. The maximum absolute atomic E-state index is 12.1. The molecule has 3 N–H and O–H groups in total. The van der Waals surface area contributed by atoms with E-state index in [1.165, 1.54) is 25.7 Å². The van der Waals surface area contributed by atoms with Crippen LogP contribution in [0, 0.1) is 0 Å². The van der Waals surface area contributed by atoms with Gasteiger partial charge in [0.2, 0.25) is 10.0 Å². The minimum Gasteiger partial charge on any atom is -0.354 e. The molecule has 1 aromatic carbocycles. The van der Waals surface area contributed by atoms with Crippen LogP contribution < -0.4 is 15.4 Å². The van der Waals surface area contributed by atoms with Gasteiger partial charge in [-0.15, -0.1) is 0 Å². The van der Waals surface area contributed by atoms with Crippen molar-refractivity contribution in [3.63, 3.8) is 0 Å². The summed E-state index contributed by atoms with van der Waals surface area (Å²) in [5, 5.41) is 6.72. The molecule has 0 atom stereocenters. The Bertz CT molecular complexity index is 675. The van der Waals surface area contributed by atoms with Crippen molar-refractivity contribution < 1.29 is 8.42 Å². The van der Waals surface area contributed by atoms with Gasteiger partial charge in [-0.3, -0.25) is 4.99 Å². The van der Waals surface area contributed by atoms with Crippen molar-refractivity contribution in [1.29, 1.82) is 0 Å². The Morgan fingerprint density at radius 2 is 1.75 bits per heavy atom. The lowest BCUT2D eigenvalue weighted by Crippen LogP contribution is -2.41. The number of rotatable bonds is 6. The maximum atomic E-state index is 12.1. The van der Waals surface area contributed by atoms with Crippen LogP contribution in [0.5, 0.6) is 0 Å². The molecule has 7 heteroatoms. The van der Waals surface area contributed by atoms with E-state index < -0.39 is 10.0 Å². The SMILES string of the molecule is CN=C(NCc1ccc(S(=O)(=O)NC2CC2)cc1)NC1CCCC1. The Balaban J connectivity index is 1.53. The Morgan fingerprint density at radius 3 is 2.33 bits per heavy atom. The highest BCUT2D eigenvalue weighted by molar-refractivity contribution is 7.89. The molecule has 2 aliphatic rings. The zero-order chi connectivity index (χ0) is 17.0. The minimum atomic E-state index is -3.37. The average Bonchev–Trinajstić information content (AvgIpc) is 3.23. The molecule has 0 aromatic heterocycles. The summed E-state index contributed by atoms with van der Waals surface area (Å²) in [5.74, 6) is 0.800. The number of hydrogen-bond donors (Lipinski definition) is 3. The van der Waals surface area contributed by atoms with Crippen LogP contribution in [-0.2, 0) is 16.6 Å². The third-order valence-corrected chi connectivity index (χ3v) is 6.05. The van der Waals surface area contributed by atoms with E-state index in [1.807, 2.05) is 12.1 Å². The highest BCUT2D eigenvalue weighted by atomic mass is 32.2. The lowest BCUT2D eigenvalue weighted by atomic mass is 10.2. The molecule has 0 aliphatic heterocycles. The van der Waals surface area contributed by atoms with E-state index in [0.29, 0.717) is 17.5 Å². The number of hydrogen-bond acceptors (Lipinski definition) is 3. The van der Waals surface area contributed by atoms with E-state index in [2.05, 4.69) is 20.3 Å². The summed E-state index contributed by atoms with van der Waals surface area (Å²) in [6.45, 7) is 0.614. The number of nitrogens with zero attached hydrogens (tertiary/aromatic N) is 1. The van der Waals surface area contributed by atoms with Crippen LogP contribution in [0.4, 0.5) is 0 Å². The third-order valence-electron chi connectivity index (χ3n) is 4.51. The summed E-state index contributed by atoms with van der Waals surface area (Å²) in [6, 6.07) is 7.65. The summed E-state index contributed by atoms with van der Waals surface area (Å²) in [4.78, 5) is 4.58. The van der Waals surface area contributed by atoms with Gasteiger partial charge in [0.1, 0.15) is 0 Å². The zero-order valence-electron chi connectivity index (χ0n) is 14.1. The van der Waals surface area contributed by atoms with Gasteiger partial charge in [-0.1, -0.05) is 25.0 Å². The van der Waals surface area contributed by atoms with Crippen LogP contribution in [-0.4, -0.2) is 33.5 Å². The fraction of sp³-hybridized carbons (Fsp3) is 0.588. The summed E-state index contributed by atoms with van der Waals surface area (Å²) < 4.78 is 27.0. The van der Waals surface area contributed by atoms with Gasteiger partial charge in [0.25, 0.3) is 0 Å². The number of benzene rings is 1. The Morgan fingerprint density at radius 1 is 1.08 bits per heavy atom. The first-order valence-electron chi connectivity index (χ1n) is 8.65. The predicted molar refractivity (Wildman–Crippen MR) is 95.4 cm³/mol. The third kappa shape index (κ3) is 4.70. The molecule has 0 heterocycles. The second kappa shape index (κ2) is 7.53. The van der Waals surface area contributed by atoms with E-state index >= 15 is 0 Å². The van der Waals surface area contributed by atoms with Crippen LogP contribution in [0.3, 0.4) is 0 Å². The topological polar surface area (TPSA) is 82.6 Å². The van der Waals surface area contributed by atoms with E-state index in [1.54, 1.807) is 19.2 Å². The molecule has 3 rings (SSSR count). The second-order valence-electron chi connectivity index (χ2n) is 6.59. The zero-order valence-corrected chi connectivity index (χ0v) is 14.9. The Labute approximate surface area is 144 Å².